The number of nitrogens with two attached hydrogens (primary N) is 1. The van der Waals surface area contributed by atoms with E-state index in [0.717, 1.165) is 11.8 Å². The second kappa shape index (κ2) is 5.04. The van der Waals surface area contributed by atoms with Crippen molar-refractivity contribution in [1.82, 2.24) is 4.90 Å². The molecule has 7 heteroatoms. The second-order valence-electron chi connectivity index (χ2n) is 3.79. The van der Waals surface area contributed by atoms with E-state index in [1.807, 2.05) is 6.07 Å². The van der Waals surface area contributed by atoms with Crippen molar-refractivity contribution in [1.29, 1.82) is 10.7 Å². The van der Waals surface area contributed by atoms with E-state index >= 15 is 0 Å². The number of hydrogen-bond donors (Lipinski definition) is 3. The molecule has 0 atom stereocenters. The number of hydrogen-bond acceptors (Lipinski definition) is 5. The zero-order chi connectivity index (χ0) is 14.0. The fraction of sp³-hybridized carbons (Fsp3) is 0.0833. The lowest BCUT2D eigenvalue weighted by Gasteiger charge is -2.29. The summed E-state index contributed by atoms with van der Waals surface area (Å²) in [6.45, 7) is 0. The van der Waals surface area contributed by atoms with E-state index < -0.39 is 0 Å². The van der Waals surface area contributed by atoms with Crippen molar-refractivity contribution in [3.63, 3.8) is 0 Å². The van der Waals surface area contributed by atoms with Crippen LogP contribution in [0.25, 0.3) is 0 Å². The summed E-state index contributed by atoms with van der Waals surface area (Å²) in [5.41, 5.74) is 6.46. The SMILES string of the molecule is CN1C(=O)c2ccccc2N/C1=C(\C#N)SC(=N)N. The summed E-state index contributed by atoms with van der Waals surface area (Å²) in [4.78, 5) is 13.7. The Hall–Kier alpha value is -2.46. The van der Waals surface area contributed by atoms with Crippen molar-refractivity contribution in [2.75, 3.05) is 12.4 Å². The maximum Gasteiger partial charge on any atom is 0.261 e. The highest BCUT2D eigenvalue weighted by atomic mass is 32.2. The van der Waals surface area contributed by atoms with Gasteiger partial charge < -0.3 is 11.1 Å². The topological polar surface area (TPSA) is 106 Å². The number of benzene rings is 1. The summed E-state index contributed by atoms with van der Waals surface area (Å²) in [7, 11) is 1.57. The molecule has 0 saturated carbocycles. The Balaban J connectivity index is 2.51. The number of thioether (sulfide) groups is 1. The Labute approximate surface area is 114 Å². The molecule has 0 unspecified atom stereocenters. The number of carbonyl (C=O) groups excluding carboxylic acids is 1. The molecule has 1 aliphatic heterocycles. The number of rotatable bonds is 1. The van der Waals surface area contributed by atoms with E-state index in [9.17, 15) is 4.79 Å². The molecule has 6 nitrogen and oxygen atoms in total. The van der Waals surface area contributed by atoms with Crippen LogP contribution in [-0.4, -0.2) is 23.0 Å². The van der Waals surface area contributed by atoms with Gasteiger partial charge in [0.25, 0.3) is 5.91 Å². The molecule has 1 aromatic rings. The van der Waals surface area contributed by atoms with Crippen LogP contribution in [0.1, 0.15) is 10.4 Å². The van der Waals surface area contributed by atoms with Gasteiger partial charge in [0.2, 0.25) is 0 Å². The molecule has 1 amide bonds. The largest absolute Gasteiger partial charge is 0.378 e. The molecule has 19 heavy (non-hydrogen) atoms. The number of fused-ring (bicyclic) bond motifs is 1. The fourth-order valence-electron chi connectivity index (χ4n) is 1.72. The first-order valence-electron chi connectivity index (χ1n) is 5.35. The predicted octanol–water partition coefficient (Wildman–Crippen LogP) is 1.50. The van der Waals surface area contributed by atoms with Gasteiger partial charge in [0.05, 0.1) is 11.3 Å². The first-order valence-corrected chi connectivity index (χ1v) is 6.16. The van der Waals surface area contributed by atoms with Gasteiger partial charge in [-0.3, -0.25) is 15.1 Å². The minimum Gasteiger partial charge on any atom is -0.378 e. The Morgan fingerprint density at radius 1 is 1.53 bits per heavy atom. The van der Waals surface area contributed by atoms with E-state index in [0.29, 0.717) is 17.1 Å². The zero-order valence-corrected chi connectivity index (χ0v) is 10.9. The highest BCUT2D eigenvalue weighted by Crippen LogP contribution is 2.30. The Morgan fingerprint density at radius 3 is 2.84 bits per heavy atom. The van der Waals surface area contributed by atoms with Crippen LogP contribution >= 0.6 is 11.8 Å². The molecule has 0 saturated heterocycles. The summed E-state index contributed by atoms with van der Waals surface area (Å²) >= 11 is 0.810. The second-order valence-corrected chi connectivity index (χ2v) is 4.84. The van der Waals surface area contributed by atoms with Crippen LogP contribution in [0.3, 0.4) is 0 Å². The number of amides is 1. The van der Waals surface area contributed by atoms with Gasteiger partial charge in [-0.1, -0.05) is 12.1 Å². The number of nitrogens with zero attached hydrogens (tertiary/aromatic N) is 2. The van der Waals surface area contributed by atoms with Crippen LogP contribution in [-0.2, 0) is 0 Å². The van der Waals surface area contributed by atoms with Crippen LogP contribution in [0.4, 0.5) is 5.69 Å². The molecule has 1 aliphatic rings. The highest BCUT2D eigenvalue weighted by molar-refractivity contribution is 8.17. The quantitative estimate of drug-likeness (QED) is 0.408. The third kappa shape index (κ3) is 2.39. The lowest BCUT2D eigenvalue weighted by molar-refractivity contribution is 0.0832. The molecular weight excluding hydrogens is 262 g/mol. The fourth-order valence-corrected chi connectivity index (χ4v) is 2.27. The van der Waals surface area contributed by atoms with Gasteiger partial charge in [-0.05, 0) is 23.9 Å². The first-order chi connectivity index (χ1) is 9.04. The number of nitrogens with one attached hydrogen (secondary N) is 2. The molecule has 2 rings (SSSR count). The maximum atomic E-state index is 12.2. The molecular formula is C12H11N5OS. The molecule has 0 aromatic heterocycles. The minimum atomic E-state index is -0.207. The Kier molecular flexibility index (Phi) is 3.44. The molecule has 0 fully saturated rings. The summed E-state index contributed by atoms with van der Waals surface area (Å²) in [6, 6.07) is 8.99. The van der Waals surface area contributed by atoms with Gasteiger partial charge >= 0.3 is 0 Å². The highest BCUT2D eigenvalue weighted by Gasteiger charge is 2.27. The smallest absolute Gasteiger partial charge is 0.261 e. The summed E-state index contributed by atoms with van der Waals surface area (Å²) < 4.78 is 0. The van der Waals surface area contributed by atoms with Crippen molar-refractivity contribution in [2.24, 2.45) is 5.73 Å². The number of para-hydroxylation sites is 1. The third-order valence-corrected chi connectivity index (χ3v) is 3.29. The molecule has 0 bridgehead atoms. The zero-order valence-electron chi connectivity index (χ0n) is 10.1. The van der Waals surface area contributed by atoms with E-state index in [-0.39, 0.29) is 16.0 Å². The monoisotopic (exact) mass is 273 g/mol. The van der Waals surface area contributed by atoms with Crippen molar-refractivity contribution in [3.8, 4) is 6.07 Å². The van der Waals surface area contributed by atoms with Crippen molar-refractivity contribution in [3.05, 3.63) is 40.6 Å². The average Bonchev–Trinajstić information content (AvgIpc) is 2.40. The van der Waals surface area contributed by atoms with Gasteiger partial charge in [-0.25, -0.2) is 0 Å². The van der Waals surface area contributed by atoms with Gasteiger partial charge in [-0.15, -0.1) is 0 Å². The minimum absolute atomic E-state index is 0.179. The molecule has 0 radical (unpaired) electrons. The van der Waals surface area contributed by atoms with Crippen LogP contribution in [0.15, 0.2) is 35.0 Å². The first kappa shape index (κ1) is 13.0. The van der Waals surface area contributed by atoms with E-state index in [4.69, 9.17) is 16.4 Å². The van der Waals surface area contributed by atoms with Gasteiger partial charge in [0, 0.05) is 7.05 Å². The van der Waals surface area contributed by atoms with Gasteiger partial charge in [0.15, 0.2) is 5.17 Å². The van der Waals surface area contributed by atoms with Crippen molar-refractivity contribution >= 4 is 28.5 Å². The molecule has 4 N–H and O–H groups in total. The predicted molar refractivity (Wildman–Crippen MR) is 74.3 cm³/mol. The van der Waals surface area contributed by atoms with Crippen LogP contribution in [0, 0.1) is 16.7 Å². The molecule has 1 aromatic carbocycles. The van der Waals surface area contributed by atoms with Crippen molar-refractivity contribution < 1.29 is 4.79 Å². The standard InChI is InChI=1S/C12H11N5OS/c1-17-10(9(6-13)19-12(14)15)16-8-5-3-2-4-7(8)11(17)18/h2-5,16H,1H3,(H3,14,15)/b10-9-. The normalized spacial score (nSPS) is 16.2. The molecule has 0 spiro atoms. The third-order valence-electron chi connectivity index (χ3n) is 2.58. The van der Waals surface area contributed by atoms with E-state index in [1.165, 1.54) is 4.90 Å². The number of anilines is 1. The summed E-state index contributed by atoms with van der Waals surface area (Å²) in [5.74, 6) is 0.132. The lowest BCUT2D eigenvalue weighted by atomic mass is 10.1. The summed E-state index contributed by atoms with van der Waals surface area (Å²) in [5, 5.41) is 19.2. The van der Waals surface area contributed by atoms with Crippen LogP contribution in [0.2, 0.25) is 0 Å². The molecule has 0 aliphatic carbocycles. The number of nitriles is 1. The van der Waals surface area contributed by atoms with E-state index in [2.05, 4.69) is 5.32 Å². The maximum absolute atomic E-state index is 12.2. The van der Waals surface area contributed by atoms with Crippen molar-refractivity contribution in [2.45, 2.75) is 0 Å². The molecule has 96 valence electrons. The number of amidine groups is 1. The number of allylic oxidation sites excluding steroid dienone is 1. The molecule has 1 heterocycles. The summed E-state index contributed by atoms with van der Waals surface area (Å²) in [6.07, 6.45) is 0. The Bertz CT molecular complexity index is 631. The average molecular weight is 273 g/mol. The van der Waals surface area contributed by atoms with Crippen LogP contribution < -0.4 is 11.1 Å². The Morgan fingerprint density at radius 2 is 2.21 bits per heavy atom. The lowest BCUT2D eigenvalue weighted by Crippen LogP contribution is -2.35. The van der Waals surface area contributed by atoms with E-state index in [1.54, 1.807) is 31.3 Å². The van der Waals surface area contributed by atoms with Gasteiger partial charge in [-0.2, -0.15) is 5.26 Å². The van der Waals surface area contributed by atoms with Gasteiger partial charge in [0.1, 0.15) is 16.8 Å². The number of carbonyl (C=O) groups is 1. The van der Waals surface area contributed by atoms with Crippen LogP contribution in [0.5, 0.6) is 0 Å².